The lowest BCUT2D eigenvalue weighted by atomic mass is 9.86. The van der Waals surface area contributed by atoms with Gasteiger partial charge in [0.25, 0.3) is 0 Å². The summed E-state index contributed by atoms with van der Waals surface area (Å²) in [6, 6.07) is 8.44. The van der Waals surface area contributed by atoms with Crippen molar-refractivity contribution < 1.29 is 4.79 Å². The number of nitrogens with zero attached hydrogens (tertiary/aromatic N) is 4. The van der Waals surface area contributed by atoms with Gasteiger partial charge >= 0.3 is 0 Å². The first-order valence-corrected chi connectivity index (χ1v) is 11.4. The number of anilines is 2. The molecule has 160 valence electrons. The highest BCUT2D eigenvalue weighted by molar-refractivity contribution is 6.13. The zero-order valence-electron chi connectivity index (χ0n) is 18.3. The van der Waals surface area contributed by atoms with Crippen LogP contribution in [0.2, 0.25) is 0 Å². The van der Waals surface area contributed by atoms with Crippen molar-refractivity contribution in [3.63, 3.8) is 0 Å². The quantitative estimate of drug-likeness (QED) is 0.654. The molecule has 1 fully saturated rings. The summed E-state index contributed by atoms with van der Waals surface area (Å²) < 4.78 is 0. The average Bonchev–Trinajstić information content (AvgIpc) is 2.78. The predicted molar refractivity (Wildman–Crippen MR) is 125 cm³/mol. The van der Waals surface area contributed by atoms with Crippen LogP contribution in [0.15, 0.2) is 24.3 Å². The molecule has 0 saturated carbocycles. The van der Waals surface area contributed by atoms with E-state index in [9.17, 15) is 4.79 Å². The number of rotatable bonds is 3. The molecule has 2 aromatic heterocycles. The van der Waals surface area contributed by atoms with Gasteiger partial charge in [0.15, 0.2) is 11.4 Å². The Morgan fingerprint density at radius 3 is 2.35 bits per heavy atom. The van der Waals surface area contributed by atoms with E-state index >= 15 is 0 Å². The van der Waals surface area contributed by atoms with Gasteiger partial charge in [-0.25, -0.2) is 4.98 Å². The van der Waals surface area contributed by atoms with Crippen molar-refractivity contribution in [1.29, 1.82) is 0 Å². The van der Waals surface area contributed by atoms with E-state index in [-0.39, 0.29) is 5.78 Å². The van der Waals surface area contributed by atoms with Gasteiger partial charge < -0.3 is 10.6 Å². The van der Waals surface area contributed by atoms with Crippen molar-refractivity contribution in [3.05, 3.63) is 41.1 Å². The highest BCUT2D eigenvalue weighted by atomic mass is 16.1. The lowest BCUT2D eigenvalue weighted by molar-refractivity contribution is 0.0972. The molecule has 2 N–H and O–H groups in total. The van der Waals surface area contributed by atoms with E-state index in [1.807, 2.05) is 0 Å². The van der Waals surface area contributed by atoms with Gasteiger partial charge in [-0.15, -0.1) is 0 Å². The summed E-state index contributed by atoms with van der Waals surface area (Å²) in [6.45, 7) is 6.24. The van der Waals surface area contributed by atoms with Crippen molar-refractivity contribution in [2.45, 2.75) is 58.3 Å². The largest absolute Gasteiger partial charge is 0.383 e. The molecular weight excluding hydrogens is 386 g/mol. The zero-order valence-corrected chi connectivity index (χ0v) is 18.3. The van der Waals surface area contributed by atoms with Crippen molar-refractivity contribution in [2.24, 2.45) is 0 Å². The molecule has 3 heterocycles. The third-order valence-electron chi connectivity index (χ3n) is 6.54. The Labute approximate surface area is 182 Å². The number of carbonyl (C=O) groups is 1. The Hall–Kier alpha value is -3.02. The molecule has 2 aliphatic rings. The molecule has 1 aliphatic carbocycles. The Kier molecular flexibility index (Phi) is 5.08. The number of carbonyl (C=O) groups excluding carboxylic acids is 1. The summed E-state index contributed by atoms with van der Waals surface area (Å²) in [5, 5.41) is 0.701. The zero-order chi connectivity index (χ0) is 21.5. The van der Waals surface area contributed by atoms with E-state index in [2.05, 4.69) is 48.0 Å². The standard InChI is InChI=1S/C25H29N5O/c1-15(2)16-9-11-17(12-10-16)20-21-18(7-6-8-19(21)31)27-24-22(20)23(26)28-25(29-24)30-13-4-3-5-14-30/h9-12,15H,3-8,13-14H2,1-2H3,(H2,26,27,28,29). The number of aryl methyl sites for hydroxylation is 1. The fraction of sp³-hybridized carbons (Fsp3) is 0.440. The molecular formula is C25H29N5O. The van der Waals surface area contributed by atoms with Crippen LogP contribution in [0.4, 0.5) is 11.8 Å². The van der Waals surface area contributed by atoms with Gasteiger partial charge in [0.1, 0.15) is 5.82 Å². The molecule has 0 bridgehead atoms. The van der Waals surface area contributed by atoms with Crippen LogP contribution in [0.1, 0.15) is 73.5 Å². The second-order valence-electron chi connectivity index (χ2n) is 9.02. The van der Waals surface area contributed by atoms with Crippen LogP contribution in [0.5, 0.6) is 0 Å². The van der Waals surface area contributed by atoms with Gasteiger partial charge in [0.05, 0.1) is 11.1 Å². The maximum atomic E-state index is 13.0. The molecule has 0 atom stereocenters. The molecule has 5 rings (SSSR count). The van der Waals surface area contributed by atoms with Crippen molar-refractivity contribution in [1.82, 2.24) is 15.0 Å². The first-order valence-electron chi connectivity index (χ1n) is 11.4. The normalized spacial score (nSPS) is 16.7. The van der Waals surface area contributed by atoms with Crippen LogP contribution >= 0.6 is 0 Å². The minimum absolute atomic E-state index is 0.137. The van der Waals surface area contributed by atoms with Gasteiger partial charge in [-0.05, 0) is 49.1 Å². The molecule has 1 aliphatic heterocycles. The van der Waals surface area contributed by atoms with E-state index in [1.165, 1.54) is 12.0 Å². The SMILES string of the molecule is CC(C)c1ccc(-c2c3c(nc4nc(N5CCCCC5)nc(N)c24)CCCC3=O)cc1. The summed E-state index contributed by atoms with van der Waals surface area (Å²) in [5.41, 5.74) is 11.8. The fourth-order valence-electron chi connectivity index (χ4n) is 4.81. The predicted octanol–water partition coefficient (Wildman–Crippen LogP) is 4.91. The maximum absolute atomic E-state index is 13.0. The number of nitrogens with two attached hydrogens (primary N) is 1. The third-order valence-corrected chi connectivity index (χ3v) is 6.54. The van der Waals surface area contributed by atoms with Gasteiger partial charge in [-0.2, -0.15) is 9.97 Å². The molecule has 0 unspecified atom stereocenters. The minimum atomic E-state index is 0.137. The van der Waals surface area contributed by atoms with E-state index in [4.69, 9.17) is 15.7 Å². The Bertz CT molecular complexity index is 1150. The van der Waals surface area contributed by atoms with Crippen LogP contribution < -0.4 is 10.6 Å². The van der Waals surface area contributed by atoms with E-state index in [0.29, 0.717) is 40.7 Å². The molecule has 6 heteroatoms. The second kappa shape index (κ2) is 7.91. The van der Waals surface area contributed by atoms with Crippen LogP contribution in [-0.4, -0.2) is 33.8 Å². The lowest BCUT2D eigenvalue weighted by Gasteiger charge is -2.27. The highest BCUT2D eigenvalue weighted by Gasteiger charge is 2.28. The summed E-state index contributed by atoms with van der Waals surface area (Å²) >= 11 is 0. The Morgan fingerprint density at radius 1 is 0.903 bits per heavy atom. The molecule has 3 aromatic rings. The van der Waals surface area contributed by atoms with Crippen LogP contribution in [0, 0.1) is 0 Å². The molecule has 1 saturated heterocycles. The maximum Gasteiger partial charge on any atom is 0.229 e. The number of hydrogen-bond acceptors (Lipinski definition) is 6. The molecule has 1 aromatic carbocycles. The van der Waals surface area contributed by atoms with Gasteiger partial charge in [-0.3, -0.25) is 4.79 Å². The molecule has 0 radical (unpaired) electrons. The second-order valence-corrected chi connectivity index (χ2v) is 9.02. The topological polar surface area (TPSA) is 85.0 Å². The number of Topliss-reactive ketones (excluding diaryl/α,β-unsaturated/α-hetero) is 1. The first-order chi connectivity index (χ1) is 15.0. The van der Waals surface area contributed by atoms with Crippen LogP contribution in [0.25, 0.3) is 22.2 Å². The van der Waals surface area contributed by atoms with Crippen molar-refractivity contribution in [2.75, 3.05) is 23.7 Å². The number of ketones is 1. The van der Waals surface area contributed by atoms with E-state index in [0.717, 1.165) is 55.6 Å². The third kappa shape index (κ3) is 3.54. The fourth-order valence-corrected chi connectivity index (χ4v) is 4.81. The molecule has 0 spiro atoms. The summed E-state index contributed by atoms with van der Waals surface area (Å²) in [6.07, 6.45) is 5.68. The summed E-state index contributed by atoms with van der Waals surface area (Å²) in [5.74, 6) is 1.64. The number of nitrogen functional groups attached to an aromatic ring is 1. The number of aromatic nitrogens is 3. The average molecular weight is 416 g/mol. The van der Waals surface area contributed by atoms with E-state index in [1.54, 1.807) is 0 Å². The number of hydrogen-bond donors (Lipinski definition) is 1. The van der Waals surface area contributed by atoms with Crippen molar-refractivity contribution >= 4 is 28.6 Å². The van der Waals surface area contributed by atoms with Crippen molar-refractivity contribution in [3.8, 4) is 11.1 Å². The van der Waals surface area contributed by atoms with Gasteiger partial charge in [0.2, 0.25) is 5.95 Å². The lowest BCUT2D eigenvalue weighted by Crippen LogP contribution is -2.31. The number of piperidine rings is 1. The minimum Gasteiger partial charge on any atom is -0.383 e. The highest BCUT2D eigenvalue weighted by Crippen LogP contribution is 2.39. The summed E-state index contributed by atoms with van der Waals surface area (Å²) in [7, 11) is 0. The van der Waals surface area contributed by atoms with Crippen LogP contribution in [-0.2, 0) is 6.42 Å². The number of fused-ring (bicyclic) bond motifs is 2. The Morgan fingerprint density at radius 2 is 1.65 bits per heavy atom. The monoisotopic (exact) mass is 415 g/mol. The Balaban J connectivity index is 1.75. The number of pyridine rings is 1. The van der Waals surface area contributed by atoms with Gasteiger partial charge in [0, 0.05) is 30.6 Å². The van der Waals surface area contributed by atoms with Gasteiger partial charge in [-0.1, -0.05) is 38.1 Å². The first kappa shape index (κ1) is 19.9. The summed E-state index contributed by atoms with van der Waals surface area (Å²) in [4.78, 5) is 29.5. The molecule has 0 amide bonds. The number of benzene rings is 1. The molecule has 31 heavy (non-hydrogen) atoms. The molecule has 6 nitrogen and oxygen atoms in total. The van der Waals surface area contributed by atoms with E-state index < -0.39 is 0 Å². The van der Waals surface area contributed by atoms with Crippen LogP contribution in [0.3, 0.4) is 0 Å². The smallest absolute Gasteiger partial charge is 0.229 e.